The van der Waals surface area contributed by atoms with Crippen LogP contribution >= 0.6 is 0 Å². The van der Waals surface area contributed by atoms with E-state index in [9.17, 15) is 0 Å². The number of nitrogens with zero attached hydrogens (tertiary/aromatic N) is 2. The molecule has 0 aromatic carbocycles. The van der Waals surface area contributed by atoms with Crippen LogP contribution in [0.4, 0.5) is 5.95 Å². The lowest BCUT2D eigenvalue weighted by Crippen LogP contribution is -2.32. The van der Waals surface area contributed by atoms with Crippen molar-refractivity contribution in [1.82, 2.24) is 9.97 Å². The predicted octanol–water partition coefficient (Wildman–Crippen LogP) is 3.64. The van der Waals surface area contributed by atoms with Crippen molar-refractivity contribution < 1.29 is 4.74 Å². The van der Waals surface area contributed by atoms with Gasteiger partial charge < -0.3 is 10.1 Å². The van der Waals surface area contributed by atoms with Gasteiger partial charge in [0.15, 0.2) is 0 Å². The van der Waals surface area contributed by atoms with E-state index in [4.69, 9.17) is 4.74 Å². The number of hydrogen-bond acceptors (Lipinski definition) is 4. The Labute approximate surface area is 116 Å². The maximum atomic E-state index is 5.59. The Morgan fingerprint density at radius 3 is 2.89 bits per heavy atom. The van der Waals surface area contributed by atoms with Gasteiger partial charge in [-0.2, -0.15) is 4.98 Å². The molecule has 4 nitrogen and oxygen atoms in total. The molecule has 0 saturated heterocycles. The molecule has 0 amide bonds. The normalized spacial score (nSPS) is 22.3. The van der Waals surface area contributed by atoms with Gasteiger partial charge in [-0.25, -0.2) is 4.98 Å². The van der Waals surface area contributed by atoms with E-state index in [-0.39, 0.29) is 6.10 Å². The molecule has 1 atom stereocenters. The van der Waals surface area contributed by atoms with E-state index in [1.54, 1.807) is 12.3 Å². The van der Waals surface area contributed by atoms with E-state index in [2.05, 4.69) is 29.1 Å². The van der Waals surface area contributed by atoms with E-state index in [1.165, 1.54) is 25.7 Å². The number of aromatic nitrogens is 2. The molecular weight excluding hydrogens is 238 g/mol. The molecule has 1 heterocycles. The lowest BCUT2D eigenvalue weighted by Gasteiger charge is -2.35. The minimum Gasteiger partial charge on any atom is -0.475 e. The molecule has 1 N–H and O–H groups in total. The Morgan fingerprint density at radius 2 is 2.21 bits per heavy atom. The molecule has 1 aromatic rings. The van der Waals surface area contributed by atoms with E-state index >= 15 is 0 Å². The van der Waals surface area contributed by atoms with E-state index in [0.717, 1.165) is 0 Å². The molecule has 0 spiro atoms. The SMILES string of the molecule is CC(C)Oc1ccnc(NC2CCCC(C)(C)C2)n1. The van der Waals surface area contributed by atoms with Crippen molar-refractivity contribution in [2.24, 2.45) is 5.41 Å². The zero-order chi connectivity index (χ0) is 13.9. The summed E-state index contributed by atoms with van der Waals surface area (Å²) in [6.07, 6.45) is 6.83. The van der Waals surface area contributed by atoms with Gasteiger partial charge in [-0.1, -0.05) is 20.3 Å². The molecule has 0 bridgehead atoms. The van der Waals surface area contributed by atoms with Gasteiger partial charge in [-0.05, 0) is 38.5 Å². The third-order valence-corrected chi connectivity index (χ3v) is 3.52. The summed E-state index contributed by atoms with van der Waals surface area (Å²) in [6, 6.07) is 2.27. The van der Waals surface area contributed by atoms with Crippen molar-refractivity contribution in [2.45, 2.75) is 65.5 Å². The molecular formula is C15H25N3O. The maximum absolute atomic E-state index is 5.59. The van der Waals surface area contributed by atoms with E-state index in [1.807, 2.05) is 13.8 Å². The van der Waals surface area contributed by atoms with Crippen LogP contribution in [-0.4, -0.2) is 22.1 Å². The molecule has 0 aliphatic heterocycles. The molecule has 1 unspecified atom stereocenters. The average molecular weight is 263 g/mol. The number of ether oxygens (including phenoxy) is 1. The zero-order valence-corrected chi connectivity index (χ0v) is 12.4. The Hall–Kier alpha value is -1.32. The van der Waals surface area contributed by atoms with Crippen molar-refractivity contribution >= 4 is 5.95 Å². The summed E-state index contributed by atoms with van der Waals surface area (Å²) in [5.74, 6) is 1.32. The van der Waals surface area contributed by atoms with Gasteiger partial charge in [0.1, 0.15) is 0 Å². The number of nitrogens with one attached hydrogen (secondary N) is 1. The lowest BCUT2D eigenvalue weighted by atomic mass is 9.75. The summed E-state index contributed by atoms with van der Waals surface area (Å²) >= 11 is 0. The van der Waals surface area contributed by atoms with Crippen molar-refractivity contribution in [3.8, 4) is 5.88 Å². The number of anilines is 1. The highest BCUT2D eigenvalue weighted by molar-refractivity contribution is 5.29. The maximum Gasteiger partial charge on any atom is 0.226 e. The summed E-state index contributed by atoms with van der Waals surface area (Å²) in [4.78, 5) is 8.70. The van der Waals surface area contributed by atoms with Crippen LogP contribution in [0.3, 0.4) is 0 Å². The molecule has 4 heteroatoms. The smallest absolute Gasteiger partial charge is 0.226 e. The first kappa shape index (κ1) is 14.1. The highest BCUT2D eigenvalue weighted by atomic mass is 16.5. The summed E-state index contributed by atoms with van der Waals surface area (Å²) in [5, 5.41) is 3.45. The standard InChI is InChI=1S/C15H25N3O/c1-11(2)19-13-7-9-16-14(18-13)17-12-6-5-8-15(3,4)10-12/h7,9,11-12H,5-6,8,10H2,1-4H3,(H,16,17,18). The topological polar surface area (TPSA) is 47.0 Å². The average Bonchev–Trinajstić information content (AvgIpc) is 2.26. The molecule has 2 rings (SSSR count). The van der Waals surface area contributed by atoms with Crippen LogP contribution in [0.5, 0.6) is 5.88 Å². The molecule has 1 aromatic heterocycles. The van der Waals surface area contributed by atoms with Gasteiger partial charge in [0.05, 0.1) is 6.10 Å². The first-order valence-electron chi connectivity index (χ1n) is 7.21. The van der Waals surface area contributed by atoms with Crippen LogP contribution in [0.25, 0.3) is 0 Å². The second-order valence-electron chi connectivity index (χ2n) is 6.49. The van der Waals surface area contributed by atoms with Crippen molar-refractivity contribution in [2.75, 3.05) is 5.32 Å². The van der Waals surface area contributed by atoms with E-state index < -0.39 is 0 Å². The first-order chi connectivity index (χ1) is 8.94. The summed E-state index contributed by atoms with van der Waals surface area (Å²) in [5.41, 5.74) is 0.419. The fourth-order valence-corrected chi connectivity index (χ4v) is 2.72. The molecule has 19 heavy (non-hydrogen) atoms. The van der Waals surface area contributed by atoms with Crippen LogP contribution in [0.1, 0.15) is 53.4 Å². The molecule has 1 fully saturated rings. The van der Waals surface area contributed by atoms with Crippen molar-refractivity contribution in [1.29, 1.82) is 0 Å². The predicted molar refractivity (Wildman–Crippen MR) is 77.5 cm³/mol. The van der Waals surface area contributed by atoms with Crippen LogP contribution in [-0.2, 0) is 0 Å². The minimum absolute atomic E-state index is 0.136. The first-order valence-corrected chi connectivity index (χ1v) is 7.21. The second-order valence-corrected chi connectivity index (χ2v) is 6.49. The highest BCUT2D eigenvalue weighted by Crippen LogP contribution is 2.36. The van der Waals surface area contributed by atoms with Crippen molar-refractivity contribution in [3.05, 3.63) is 12.3 Å². The summed E-state index contributed by atoms with van der Waals surface area (Å²) in [6.45, 7) is 8.66. The number of hydrogen-bond donors (Lipinski definition) is 1. The van der Waals surface area contributed by atoms with Gasteiger partial charge in [-0.15, -0.1) is 0 Å². The monoisotopic (exact) mass is 263 g/mol. The van der Waals surface area contributed by atoms with Crippen LogP contribution in [0.2, 0.25) is 0 Å². The Morgan fingerprint density at radius 1 is 1.42 bits per heavy atom. The van der Waals surface area contributed by atoms with Gasteiger partial charge in [0, 0.05) is 18.3 Å². The van der Waals surface area contributed by atoms with Gasteiger partial charge in [0.2, 0.25) is 11.8 Å². The molecule has 1 aliphatic carbocycles. The van der Waals surface area contributed by atoms with Gasteiger partial charge in [-0.3, -0.25) is 0 Å². The van der Waals surface area contributed by atoms with Crippen LogP contribution in [0.15, 0.2) is 12.3 Å². The third-order valence-electron chi connectivity index (χ3n) is 3.52. The van der Waals surface area contributed by atoms with Crippen LogP contribution < -0.4 is 10.1 Å². The largest absolute Gasteiger partial charge is 0.475 e. The lowest BCUT2D eigenvalue weighted by molar-refractivity contribution is 0.227. The second kappa shape index (κ2) is 5.76. The Kier molecular flexibility index (Phi) is 4.27. The molecule has 1 aliphatic rings. The quantitative estimate of drug-likeness (QED) is 0.900. The summed E-state index contributed by atoms with van der Waals surface area (Å²) < 4.78 is 5.59. The van der Waals surface area contributed by atoms with Crippen molar-refractivity contribution in [3.63, 3.8) is 0 Å². The fraction of sp³-hybridized carbons (Fsp3) is 0.733. The molecule has 106 valence electrons. The van der Waals surface area contributed by atoms with E-state index in [0.29, 0.717) is 23.3 Å². The third kappa shape index (κ3) is 4.37. The van der Waals surface area contributed by atoms with Gasteiger partial charge in [0.25, 0.3) is 0 Å². The Bertz CT molecular complexity index is 418. The Balaban J connectivity index is 1.98. The van der Waals surface area contributed by atoms with Gasteiger partial charge >= 0.3 is 0 Å². The molecule has 0 radical (unpaired) electrons. The van der Waals surface area contributed by atoms with Crippen LogP contribution in [0, 0.1) is 5.41 Å². The zero-order valence-electron chi connectivity index (χ0n) is 12.4. The highest BCUT2D eigenvalue weighted by Gasteiger charge is 2.28. The minimum atomic E-state index is 0.136. The number of rotatable bonds is 4. The molecule has 1 saturated carbocycles. The summed E-state index contributed by atoms with van der Waals surface area (Å²) in [7, 11) is 0. The fourth-order valence-electron chi connectivity index (χ4n) is 2.72.